The van der Waals surface area contributed by atoms with E-state index in [2.05, 4.69) is 20.5 Å². The van der Waals surface area contributed by atoms with Crippen molar-refractivity contribution in [2.75, 3.05) is 33.7 Å². The molecule has 0 aromatic heterocycles. The first kappa shape index (κ1) is 15.8. The number of fused-ring (bicyclic) bond motifs is 5. The van der Waals surface area contributed by atoms with E-state index in [0.29, 0.717) is 24.0 Å². The summed E-state index contributed by atoms with van der Waals surface area (Å²) in [6, 6.07) is 0. The molecule has 3 aliphatic rings. The average molecular weight is 394 g/mol. The van der Waals surface area contributed by atoms with Crippen LogP contribution in [0.1, 0.15) is 12.8 Å². The molecule has 4 atom stereocenters. The van der Waals surface area contributed by atoms with Crippen LogP contribution >= 0.6 is 24.0 Å². The molecule has 0 aromatic rings. The van der Waals surface area contributed by atoms with Crippen LogP contribution in [-0.4, -0.2) is 62.7 Å². The van der Waals surface area contributed by atoms with Gasteiger partial charge >= 0.3 is 0 Å². The van der Waals surface area contributed by atoms with E-state index < -0.39 is 0 Å². The molecular weight excluding hydrogens is 371 g/mol. The van der Waals surface area contributed by atoms with E-state index in [4.69, 9.17) is 4.74 Å². The largest absolute Gasteiger partial charge is 0.374 e. The van der Waals surface area contributed by atoms with Crippen molar-refractivity contribution in [2.24, 2.45) is 16.8 Å². The van der Waals surface area contributed by atoms with Gasteiger partial charge in [-0.15, -0.1) is 24.0 Å². The predicted molar refractivity (Wildman–Crippen MR) is 87.3 cm³/mol. The van der Waals surface area contributed by atoms with Crippen molar-refractivity contribution in [2.45, 2.75) is 25.0 Å². The Bertz CT molecular complexity index is 386. The van der Waals surface area contributed by atoms with E-state index in [-0.39, 0.29) is 36.4 Å². The Kier molecular flexibility index (Phi) is 5.11. The maximum absolute atomic E-state index is 11.3. The number of amides is 1. The van der Waals surface area contributed by atoms with Crippen LogP contribution in [0.5, 0.6) is 0 Å². The van der Waals surface area contributed by atoms with Gasteiger partial charge in [0.05, 0.1) is 18.8 Å². The number of carbonyl (C=O) groups is 1. The molecule has 20 heavy (non-hydrogen) atoms. The molecule has 114 valence electrons. The molecule has 2 N–H and O–H groups in total. The van der Waals surface area contributed by atoms with E-state index in [0.717, 1.165) is 19.0 Å². The minimum absolute atomic E-state index is 0. The monoisotopic (exact) mass is 394 g/mol. The lowest BCUT2D eigenvalue weighted by molar-refractivity contribution is -0.119. The Morgan fingerprint density at radius 3 is 2.40 bits per heavy atom. The van der Waals surface area contributed by atoms with Crippen LogP contribution in [0.2, 0.25) is 0 Å². The third kappa shape index (κ3) is 2.74. The third-order valence-corrected chi connectivity index (χ3v) is 4.65. The second-order valence-corrected chi connectivity index (χ2v) is 5.60. The molecule has 6 nitrogen and oxygen atoms in total. The van der Waals surface area contributed by atoms with Crippen molar-refractivity contribution < 1.29 is 9.53 Å². The molecule has 1 amide bonds. The van der Waals surface area contributed by atoms with E-state index in [1.807, 2.05) is 0 Å². The summed E-state index contributed by atoms with van der Waals surface area (Å²) in [5.41, 5.74) is 0. The number of carbonyl (C=O) groups excluding carboxylic acids is 1. The third-order valence-electron chi connectivity index (χ3n) is 4.65. The molecule has 3 aliphatic heterocycles. The topological polar surface area (TPSA) is 66.0 Å². The molecule has 3 fully saturated rings. The second-order valence-electron chi connectivity index (χ2n) is 5.60. The number of guanidine groups is 1. The summed E-state index contributed by atoms with van der Waals surface area (Å²) in [6.45, 7) is 2.27. The fourth-order valence-corrected chi connectivity index (χ4v) is 3.71. The molecule has 2 bridgehead atoms. The molecular formula is C13H23IN4O2. The number of halogens is 1. The molecule has 0 aliphatic carbocycles. The lowest BCUT2D eigenvalue weighted by atomic mass is 9.82. The zero-order valence-corrected chi connectivity index (χ0v) is 14.3. The number of hydrogen-bond acceptors (Lipinski definition) is 3. The SMILES string of the molecule is CN=C(NCC(=O)NC)N1CC2C3CCC(O3)C2C1.I. The highest BCUT2D eigenvalue weighted by atomic mass is 127. The van der Waals surface area contributed by atoms with E-state index in [1.54, 1.807) is 14.1 Å². The summed E-state index contributed by atoms with van der Waals surface area (Å²) in [5.74, 6) is 2.11. The van der Waals surface area contributed by atoms with E-state index in [1.165, 1.54) is 12.8 Å². The first-order valence-corrected chi connectivity index (χ1v) is 7.04. The van der Waals surface area contributed by atoms with Gasteiger partial charge in [-0.1, -0.05) is 0 Å². The Hall–Kier alpha value is -0.570. The van der Waals surface area contributed by atoms with Crippen molar-refractivity contribution in [1.82, 2.24) is 15.5 Å². The number of hydrogen-bond donors (Lipinski definition) is 2. The van der Waals surface area contributed by atoms with Gasteiger partial charge in [0.2, 0.25) is 5.91 Å². The van der Waals surface area contributed by atoms with E-state index in [9.17, 15) is 4.79 Å². The number of likely N-dealkylation sites (N-methyl/N-ethyl adjacent to an activating group) is 1. The lowest BCUT2D eigenvalue weighted by Crippen LogP contribution is -2.44. The number of ether oxygens (including phenoxy) is 1. The van der Waals surface area contributed by atoms with Gasteiger partial charge < -0.3 is 20.3 Å². The van der Waals surface area contributed by atoms with Crippen LogP contribution < -0.4 is 10.6 Å². The van der Waals surface area contributed by atoms with Crippen molar-refractivity contribution >= 4 is 35.8 Å². The fourth-order valence-electron chi connectivity index (χ4n) is 3.71. The van der Waals surface area contributed by atoms with E-state index >= 15 is 0 Å². The summed E-state index contributed by atoms with van der Waals surface area (Å²) < 4.78 is 5.97. The molecule has 0 spiro atoms. The minimum Gasteiger partial charge on any atom is -0.374 e. The van der Waals surface area contributed by atoms with Crippen molar-refractivity contribution in [1.29, 1.82) is 0 Å². The lowest BCUT2D eigenvalue weighted by Gasteiger charge is -2.23. The van der Waals surface area contributed by atoms with Gasteiger partial charge in [0.25, 0.3) is 0 Å². The number of aliphatic imine (C=N–C) groups is 1. The minimum atomic E-state index is -0.0241. The van der Waals surface area contributed by atoms with Crippen molar-refractivity contribution in [3.63, 3.8) is 0 Å². The smallest absolute Gasteiger partial charge is 0.239 e. The maximum atomic E-state index is 11.3. The fraction of sp³-hybridized carbons (Fsp3) is 0.846. The molecule has 7 heteroatoms. The highest BCUT2D eigenvalue weighted by Crippen LogP contribution is 2.47. The molecule has 3 rings (SSSR count). The van der Waals surface area contributed by atoms with Crippen LogP contribution in [-0.2, 0) is 9.53 Å². The summed E-state index contributed by atoms with van der Waals surface area (Å²) in [6.07, 6.45) is 3.34. The molecule has 0 saturated carbocycles. The summed E-state index contributed by atoms with van der Waals surface area (Å²) >= 11 is 0. The Morgan fingerprint density at radius 2 is 1.90 bits per heavy atom. The Balaban J connectivity index is 0.00000147. The van der Waals surface area contributed by atoms with Crippen molar-refractivity contribution in [3.05, 3.63) is 0 Å². The van der Waals surface area contributed by atoms with Gasteiger partial charge in [0, 0.05) is 39.0 Å². The van der Waals surface area contributed by atoms with Crippen LogP contribution in [0.4, 0.5) is 0 Å². The quantitative estimate of drug-likeness (QED) is 0.394. The molecule has 4 unspecified atom stereocenters. The maximum Gasteiger partial charge on any atom is 0.239 e. The number of nitrogens with zero attached hydrogens (tertiary/aromatic N) is 2. The Morgan fingerprint density at radius 1 is 1.30 bits per heavy atom. The zero-order valence-electron chi connectivity index (χ0n) is 12.0. The highest BCUT2D eigenvalue weighted by Gasteiger charge is 2.53. The molecule has 0 aromatic carbocycles. The first-order valence-electron chi connectivity index (χ1n) is 7.04. The highest BCUT2D eigenvalue weighted by molar-refractivity contribution is 14.0. The normalized spacial score (nSPS) is 34.7. The summed E-state index contributed by atoms with van der Waals surface area (Å²) in [7, 11) is 3.41. The number of nitrogens with one attached hydrogen (secondary N) is 2. The summed E-state index contributed by atoms with van der Waals surface area (Å²) in [4.78, 5) is 17.8. The van der Waals surface area contributed by atoms with Gasteiger partial charge in [-0.3, -0.25) is 9.79 Å². The molecule has 3 heterocycles. The van der Waals surface area contributed by atoms with Gasteiger partial charge in [0.1, 0.15) is 0 Å². The first-order chi connectivity index (χ1) is 9.22. The van der Waals surface area contributed by atoms with Crippen LogP contribution in [0.3, 0.4) is 0 Å². The van der Waals surface area contributed by atoms with Gasteiger partial charge in [-0.05, 0) is 12.8 Å². The zero-order chi connectivity index (χ0) is 13.4. The predicted octanol–water partition coefficient (Wildman–Crippen LogP) is 0.0350. The molecule has 0 radical (unpaired) electrons. The standard InChI is InChI=1S/C13H22N4O2.HI/c1-14-12(18)5-16-13(15-2)17-6-8-9(7-17)11-4-3-10(8)19-11;/h8-11H,3-7H2,1-2H3,(H,14,18)(H,15,16);1H. The average Bonchev–Trinajstić information content (AvgIpc) is 3.10. The number of likely N-dealkylation sites (tertiary alicyclic amines) is 1. The van der Waals surface area contributed by atoms with Gasteiger partial charge in [-0.25, -0.2) is 0 Å². The summed E-state index contributed by atoms with van der Waals surface area (Å²) in [5, 5.41) is 5.73. The van der Waals surface area contributed by atoms with Crippen molar-refractivity contribution in [3.8, 4) is 0 Å². The number of rotatable bonds is 2. The van der Waals surface area contributed by atoms with Crippen LogP contribution in [0.25, 0.3) is 0 Å². The second kappa shape index (κ2) is 6.46. The van der Waals surface area contributed by atoms with Gasteiger partial charge in [0.15, 0.2) is 5.96 Å². The molecule has 3 saturated heterocycles. The van der Waals surface area contributed by atoms with Crippen LogP contribution in [0, 0.1) is 11.8 Å². The van der Waals surface area contributed by atoms with Crippen LogP contribution in [0.15, 0.2) is 4.99 Å². The van der Waals surface area contributed by atoms with Gasteiger partial charge in [-0.2, -0.15) is 0 Å². The Labute approximate surface area is 136 Å².